The number of primary amides is 1. The number of amides is 1. The molecular weight excluding hydrogens is 325 g/mol. The van der Waals surface area contributed by atoms with E-state index < -0.39 is 44.9 Å². The van der Waals surface area contributed by atoms with E-state index >= 15 is 0 Å². The van der Waals surface area contributed by atoms with Crippen LogP contribution in [0, 0.1) is 0 Å². The van der Waals surface area contributed by atoms with Gasteiger partial charge in [0.05, 0.1) is 14.4 Å². The summed E-state index contributed by atoms with van der Waals surface area (Å²) < 4.78 is 20.4. The van der Waals surface area contributed by atoms with Gasteiger partial charge in [0, 0.05) is 0 Å². The molecule has 118 valence electrons. The molecule has 12 nitrogen and oxygen atoms in total. The second kappa shape index (κ2) is 8.76. The summed E-state index contributed by atoms with van der Waals surface area (Å²) in [7, 11) is -5.23. The van der Waals surface area contributed by atoms with Crippen LogP contribution in [0.2, 0.25) is 0 Å². The molecule has 0 aromatic carbocycles. The number of hydrogen-bond donors (Lipinski definition) is 3. The van der Waals surface area contributed by atoms with Crippen LogP contribution in [0.25, 0.3) is 0 Å². The SMILES string of the molecule is NC(=O)c1ncn([C@@H]2O[C@H](COP(=O)([O-])[O-])C(O)[C@@H]2O)n1.[Li+].[Li+]. The average molecular weight is 336 g/mol. The Balaban J connectivity index is 0.00000242. The molecule has 1 unspecified atom stereocenters. The van der Waals surface area contributed by atoms with Gasteiger partial charge in [-0.2, -0.15) is 0 Å². The number of phosphoric ester groups is 1. The molecule has 1 aromatic rings. The Kier molecular flexibility index (Phi) is 8.68. The van der Waals surface area contributed by atoms with Gasteiger partial charge in [0.1, 0.15) is 24.6 Å². The van der Waals surface area contributed by atoms with Crippen molar-refractivity contribution in [2.75, 3.05) is 6.61 Å². The second-order valence-corrected chi connectivity index (χ2v) is 5.35. The van der Waals surface area contributed by atoms with Crippen molar-refractivity contribution in [1.82, 2.24) is 14.8 Å². The quantitative estimate of drug-likeness (QED) is 0.343. The first-order valence-electron chi connectivity index (χ1n) is 5.58. The van der Waals surface area contributed by atoms with Gasteiger partial charge < -0.3 is 39.6 Å². The van der Waals surface area contributed by atoms with Crippen LogP contribution < -0.4 is 53.2 Å². The largest absolute Gasteiger partial charge is 1.00 e. The summed E-state index contributed by atoms with van der Waals surface area (Å²) in [6.07, 6.45) is -4.51. The molecule has 0 saturated carbocycles. The molecule has 1 aliphatic heterocycles. The van der Waals surface area contributed by atoms with Gasteiger partial charge in [-0.3, -0.25) is 4.79 Å². The van der Waals surface area contributed by atoms with E-state index in [0.29, 0.717) is 0 Å². The number of rotatable bonds is 5. The van der Waals surface area contributed by atoms with Crippen molar-refractivity contribution in [2.45, 2.75) is 24.5 Å². The number of hydrogen-bond acceptors (Lipinski definition) is 10. The van der Waals surface area contributed by atoms with Crippen molar-refractivity contribution in [3.63, 3.8) is 0 Å². The zero-order valence-corrected chi connectivity index (χ0v) is 13.2. The summed E-state index contributed by atoms with van der Waals surface area (Å²) in [5.41, 5.74) is 4.96. The predicted octanol–water partition coefficient (Wildman–Crippen LogP) is -10.2. The number of ether oxygens (including phenoxy) is 1. The first-order valence-corrected chi connectivity index (χ1v) is 7.04. The maximum Gasteiger partial charge on any atom is 1.00 e. The minimum absolute atomic E-state index is 0. The van der Waals surface area contributed by atoms with Gasteiger partial charge in [-0.05, 0) is 0 Å². The monoisotopic (exact) mass is 336 g/mol. The maximum atomic E-state index is 10.9. The predicted molar refractivity (Wildman–Crippen MR) is 58.0 cm³/mol. The number of nitrogens with two attached hydrogens (primary N) is 1. The average Bonchev–Trinajstić information content (AvgIpc) is 2.94. The van der Waals surface area contributed by atoms with E-state index in [-0.39, 0.29) is 43.5 Å². The van der Waals surface area contributed by atoms with E-state index in [1.54, 1.807) is 0 Å². The van der Waals surface area contributed by atoms with Gasteiger partial charge >= 0.3 is 37.7 Å². The molecule has 4 N–H and O–H groups in total. The molecule has 0 spiro atoms. The minimum Gasteiger partial charge on any atom is -0.790 e. The van der Waals surface area contributed by atoms with Crippen LogP contribution in [0.5, 0.6) is 0 Å². The van der Waals surface area contributed by atoms with Crippen LogP contribution in [-0.2, 0) is 13.8 Å². The van der Waals surface area contributed by atoms with E-state index in [1.165, 1.54) is 0 Å². The number of carbonyl (C=O) groups is 1. The summed E-state index contributed by atoms with van der Waals surface area (Å²) in [5, 5.41) is 23.1. The van der Waals surface area contributed by atoms with Crippen LogP contribution in [0.4, 0.5) is 0 Å². The zero-order valence-electron chi connectivity index (χ0n) is 12.3. The van der Waals surface area contributed by atoms with Gasteiger partial charge in [-0.15, -0.1) is 5.10 Å². The summed E-state index contributed by atoms with van der Waals surface area (Å²) in [6, 6.07) is 0. The summed E-state index contributed by atoms with van der Waals surface area (Å²) in [6.45, 7) is -0.767. The molecule has 1 saturated heterocycles. The second-order valence-electron chi connectivity index (χ2n) is 4.20. The first kappa shape index (κ1) is 22.8. The van der Waals surface area contributed by atoms with E-state index in [0.717, 1.165) is 11.0 Å². The van der Waals surface area contributed by atoms with Gasteiger partial charge in [0.25, 0.3) is 5.91 Å². The smallest absolute Gasteiger partial charge is 0.790 e. The third kappa shape index (κ3) is 5.67. The van der Waals surface area contributed by atoms with Crippen LogP contribution in [0.15, 0.2) is 6.33 Å². The fourth-order valence-corrected chi connectivity index (χ4v) is 2.09. The Bertz CT molecular complexity index is 582. The zero-order chi connectivity index (χ0) is 15.8. The fourth-order valence-electron chi connectivity index (χ4n) is 1.76. The molecule has 0 bridgehead atoms. The van der Waals surface area contributed by atoms with E-state index in [9.17, 15) is 29.4 Å². The van der Waals surface area contributed by atoms with Crippen molar-refractivity contribution >= 4 is 13.7 Å². The Morgan fingerprint density at radius 2 is 2.04 bits per heavy atom. The summed E-state index contributed by atoms with van der Waals surface area (Å²) >= 11 is 0. The van der Waals surface area contributed by atoms with Crippen LogP contribution >= 0.6 is 7.82 Å². The number of carbonyl (C=O) groups excluding carboxylic acids is 1. The molecule has 2 rings (SSSR count). The molecule has 0 aliphatic carbocycles. The molecular formula is C8H11Li2N4O8P. The summed E-state index contributed by atoms with van der Waals surface area (Å²) in [4.78, 5) is 35.2. The number of phosphoric acid groups is 1. The Hall–Kier alpha value is -0.205. The van der Waals surface area contributed by atoms with Crippen molar-refractivity contribution in [2.24, 2.45) is 5.73 Å². The maximum absolute atomic E-state index is 10.9. The molecule has 0 radical (unpaired) electrons. The molecule has 1 amide bonds. The van der Waals surface area contributed by atoms with Crippen LogP contribution in [0.1, 0.15) is 16.8 Å². The normalized spacial score (nSPS) is 27.1. The van der Waals surface area contributed by atoms with Crippen molar-refractivity contribution < 1.29 is 76.3 Å². The Morgan fingerprint density at radius 3 is 2.52 bits per heavy atom. The van der Waals surface area contributed by atoms with E-state index in [4.69, 9.17) is 10.5 Å². The van der Waals surface area contributed by atoms with Crippen LogP contribution in [0.3, 0.4) is 0 Å². The molecule has 1 aromatic heterocycles. The Morgan fingerprint density at radius 1 is 1.43 bits per heavy atom. The van der Waals surface area contributed by atoms with E-state index in [2.05, 4.69) is 14.6 Å². The summed E-state index contributed by atoms with van der Waals surface area (Å²) in [5.74, 6) is -1.23. The third-order valence-electron chi connectivity index (χ3n) is 2.72. The number of nitrogens with zero attached hydrogens (tertiary/aromatic N) is 3. The molecule has 1 fully saturated rings. The molecule has 23 heavy (non-hydrogen) atoms. The molecule has 1 aliphatic rings. The topological polar surface area (TPSA) is 196 Å². The molecule has 2 heterocycles. The number of aliphatic hydroxyl groups is 2. The fraction of sp³-hybridized carbons (Fsp3) is 0.625. The van der Waals surface area contributed by atoms with Crippen LogP contribution in [-0.4, -0.2) is 55.8 Å². The van der Waals surface area contributed by atoms with E-state index in [1.807, 2.05) is 0 Å². The minimum atomic E-state index is -5.23. The van der Waals surface area contributed by atoms with Gasteiger partial charge in [0.15, 0.2) is 6.23 Å². The number of aliphatic hydroxyl groups excluding tert-OH is 2. The van der Waals surface area contributed by atoms with Gasteiger partial charge in [0.2, 0.25) is 5.82 Å². The third-order valence-corrected chi connectivity index (χ3v) is 3.19. The first-order chi connectivity index (χ1) is 9.69. The molecule has 4 atom stereocenters. The van der Waals surface area contributed by atoms with Crippen molar-refractivity contribution in [3.8, 4) is 0 Å². The van der Waals surface area contributed by atoms with Gasteiger partial charge in [-0.25, -0.2) is 9.67 Å². The number of aromatic nitrogens is 3. The van der Waals surface area contributed by atoms with Gasteiger partial charge in [-0.1, -0.05) is 0 Å². The Labute approximate surface area is 153 Å². The molecule has 15 heteroatoms. The standard InChI is InChI=1S/C8H13N4O8P.2Li/c9-6(15)7-10-2-12(11-7)8-5(14)4(13)3(20-8)1-19-21(16,17)18;;/h2-5,8,13-14H,1H2,(H2,9,15)(H2,16,17,18);;/q;2*+1/p-2/t3-,4?,5+,8-;;/m1../s1. The van der Waals surface area contributed by atoms with Crippen molar-refractivity contribution in [1.29, 1.82) is 0 Å². The van der Waals surface area contributed by atoms with Crippen molar-refractivity contribution in [3.05, 3.63) is 12.2 Å².